The highest BCUT2D eigenvalue weighted by Gasteiger charge is 2.47. The third kappa shape index (κ3) is 4.45. The standard InChI is InChI=1S/C26H24N4O5/c1-16-22(19-12-13-20-24(27)28-15-29-30(19)20)34-21(14-33-25(31)17-8-4-2-5-9-17)23(16)35-26(32)18-10-6-3-7-11-18/h2-13,15-16,21-23H,14H2,1H3,(H2,27,28,29)/t16-,21-,22-,23+/m1/s1. The number of hydrogen-bond acceptors (Lipinski definition) is 8. The van der Waals surface area contributed by atoms with Crippen LogP contribution in [-0.2, 0) is 14.2 Å². The van der Waals surface area contributed by atoms with E-state index in [9.17, 15) is 9.59 Å². The number of carbonyl (C=O) groups is 2. The van der Waals surface area contributed by atoms with Crippen molar-refractivity contribution >= 4 is 23.3 Å². The SMILES string of the molecule is C[C@H]1[C@H](OC(=O)c2ccccc2)[C@@H](COC(=O)c2ccccc2)O[C@H]1c1ccc2c(N)ncnn12. The highest BCUT2D eigenvalue weighted by molar-refractivity contribution is 5.90. The van der Waals surface area contributed by atoms with Crippen molar-refractivity contribution in [2.45, 2.75) is 25.2 Å². The first kappa shape index (κ1) is 22.5. The van der Waals surface area contributed by atoms with Crippen molar-refractivity contribution in [2.24, 2.45) is 5.92 Å². The van der Waals surface area contributed by atoms with Crippen LogP contribution < -0.4 is 5.73 Å². The fraction of sp³-hybridized carbons (Fsp3) is 0.231. The maximum atomic E-state index is 12.9. The first-order valence-corrected chi connectivity index (χ1v) is 11.2. The molecule has 35 heavy (non-hydrogen) atoms. The molecule has 3 heterocycles. The molecule has 0 bridgehead atoms. The molecule has 5 rings (SSSR count). The summed E-state index contributed by atoms with van der Waals surface area (Å²) in [5.74, 6) is -0.876. The van der Waals surface area contributed by atoms with E-state index in [1.807, 2.05) is 31.2 Å². The van der Waals surface area contributed by atoms with Gasteiger partial charge in [-0.1, -0.05) is 43.3 Å². The van der Waals surface area contributed by atoms with Gasteiger partial charge in [-0.05, 0) is 36.4 Å². The Morgan fingerprint density at radius 3 is 2.31 bits per heavy atom. The Hall–Kier alpha value is -4.24. The van der Waals surface area contributed by atoms with Gasteiger partial charge in [0.05, 0.1) is 16.8 Å². The Morgan fingerprint density at radius 1 is 0.971 bits per heavy atom. The van der Waals surface area contributed by atoms with Crippen molar-refractivity contribution in [3.05, 3.63) is 95.9 Å². The van der Waals surface area contributed by atoms with Crippen LogP contribution in [-0.4, -0.2) is 45.4 Å². The zero-order valence-corrected chi connectivity index (χ0v) is 19.0. The van der Waals surface area contributed by atoms with E-state index in [1.165, 1.54) is 6.33 Å². The largest absolute Gasteiger partial charge is 0.459 e. The molecule has 2 N–H and O–H groups in total. The Kier molecular flexibility index (Phi) is 6.15. The number of fused-ring (bicyclic) bond motifs is 1. The highest BCUT2D eigenvalue weighted by Crippen LogP contribution is 2.41. The van der Waals surface area contributed by atoms with Gasteiger partial charge in [-0.25, -0.2) is 19.1 Å². The molecule has 9 nitrogen and oxygen atoms in total. The summed E-state index contributed by atoms with van der Waals surface area (Å²) in [5.41, 5.74) is 8.22. The molecule has 0 radical (unpaired) electrons. The summed E-state index contributed by atoms with van der Waals surface area (Å²) in [4.78, 5) is 29.4. The summed E-state index contributed by atoms with van der Waals surface area (Å²) in [5, 5.41) is 4.31. The van der Waals surface area contributed by atoms with E-state index in [-0.39, 0.29) is 12.5 Å². The fourth-order valence-corrected chi connectivity index (χ4v) is 4.33. The minimum atomic E-state index is -0.681. The molecule has 178 valence electrons. The maximum absolute atomic E-state index is 12.9. The van der Waals surface area contributed by atoms with Crippen LogP contribution in [0, 0.1) is 5.92 Å². The molecule has 2 aromatic carbocycles. The van der Waals surface area contributed by atoms with Crippen molar-refractivity contribution in [2.75, 3.05) is 12.3 Å². The molecule has 9 heteroatoms. The summed E-state index contributed by atoms with van der Waals surface area (Å²) >= 11 is 0. The first-order valence-electron chi connectivity index (χ1n) is 11.2. The van der Waals surface area contributed by atoms with Crippen LogP contribution in [0.4, 0.5) is 5.82 Å². The van der Waals surface area contributed by atoms with E-state index in [0.29, 0.717) is 22.5 Å². The van der Waals surface area contributed by atoms with Gasteiger partial charge >= 0.3 is 11.9 Å². The lowest BCUT2D eigenvalue weighted by Crippen LogP contribution is -2.35. The quantitative estimate of drug-likeness (QED) is 0.424. The maximum Gasteiger partial charge on any atom is 0.338 e. The third-order valence-corrected chi connectivity index (χ3v) is 6.13. The average molecular weight is 473 g/mol. The number of nitrogen functional groups attached to an aromatic ring is 1. The minimum Gasteiger partial charge on any atom is -0.459 e. The van der Waals surface area contributed by atoms with Crippen LogP contribution in [0.1, 0.15) is 39.4 Å². The molecule has 1 aliphatic rings. The van der Waals surface area contributed by atoms with E-state index in [0.717, 1.165) is 5.69 Å². The molecule has 2 aromatic heterocycles. The Balaban J connectivity index is 1.40. The van der Waals surface area contributed by atoms with Crippen LogP contribution in [0.25, 0.3) is 5.52 Å². The molecule has 0 unspecified atom stereocenters. The molecule has 1 aliphatic heterocycles. The number of nitrogens with zero attached hydrogens (tertiary/aromatic N) is 3. The van der Waals surface area contributed by atoms with E-state index >= 15 is 0 Å². The second kappa shape index (κ2) is 9.55. The lowest BCUT2D eigenvalue weighted by Gasteiger charge is -2.21. The van der Waals surface area contributed by atoms with Crippen molar-refractivity contribution < 1.29 is 23.8 Å². The average Bonchev–Trinajstić information content (AvgIpc) is 3.45. The van der Waals surface area contributed by atoms with Crippen LogP contribution in [0.3, 0.4) is 0 Å². The highest BCUT2D eigenvalue weighted by atomic mass is 16.6. The number of esters is 2. The molecule has 0 saturated carbocycles. The smallest absolute Gasteiger partial charge is 0.338 e. The lowest BCUT2D eigenvalue weighted by molar-refractivity contribution is -0.0437. The Labute approximate surface area is 201 Å². The van der Waals surface area contributed by atoms with Gasteiger partial charge in [0.25, 0.3) is 0 Å². The van der Waals surface area contributed by atoms with Crippen molar-refractivity contribution in [3.8, 4) is 0 Å². The van der Waals surface area contributed by atoms with Gasteiger partial charge in [-0.3, -0.25) is 0 Å². The number of anilines is 1. The lowest BCUT2D eigenvalue weighted by atomic mass is 9.96. The van der Waals surface area contributed by atoms with Crippen LogP contribution >= 0.6 is 0 Å². The van der Waals surface area contributed by atoms with Crippen molar-refractivity contribution in [1.82, 2.24) is 14.6 Å². The topological polar surface area (TPSA) is 118 Å². The fourth-order valence-electron chi connectivity index (χ4n) is 4.33. The number of ether oxygens (including phenoxy) is 3. The van der Waals surface area contributed by atoms with E-state index in [2.05, 4.69) is 10.1 Å². The monoisotopic (exact) mass is 472 g/mol. The zero-order chi connectivity index (χ0) is 24.4. The number of rotatable bonds is 6. The number of hydrogen-bond donors (Lipinski definition) is 1. The predicted molar refractivity (Wildman–Crippen MR) is 127 cm³/mol. The van der Waals surface area contributed by atoms with Gasteiger partial charge in [0.1, 0.15) is 36.8 Å². The molecular weight excluding hydrogens is 448 g/mol. The minimum absolute atomic E-state index is 0.0816. The van der Waals surface area contributed by atoms with Gasteiger partial charge < -0.3 is 19.9 Å². The summed E-state index contributed by atoms with van der Waals surface area (Å²) in [6.45, 7) is 1.85. The second-order valence-electron chi connectivity index (χ2n) is 8.36. The predicted octanol–water partition coefficient (Wildman–Crippen LogP) is 3.47. The molecule has 4 atom stereocenters. The van der Waals surface area contributed by atoms with Crippen LogP contribution in [0.2, 0.25) is 0 Å². The van der Waals surface area contributed by atoms with Gasteiger partial charge in [0, 0.05) is 5.92 Å². The Morgan fingerprint density at radius 2 is 1.63 bits per heavy atom. The zero-order valence-electron chi connectivity index (χ0n) is 19.0. The molecule has 0 amide bonds. The number of nitrogens with two attached hydrogens (primary N) is 1. The van der Waals surface area contributed by atoms with Crippen molar-refractivity contribution in [3.63, 3.8) is 0 Å². The Bertz CT molecular complexity index is 1340. The number of aromatic nitrogens is 3. The van der Waals surface area contributed by atoms with Gasteiger partial charge in [-0.15, -0.1) is 0 Å². The molecule has 0 spiro atoms. The van der Waals surface area contributed by atoms with Gasteiger partial charge in [-0.2, -0.15) is 5.10 Å². The first-order chi connectivity index (χ1) is 17.0. The third-order valence-electron chi connectivity index (χ3n) is 6.13. The van der Waals surface area contributed by atoms with E-state index < -0.39 is 30.3 Å². The summed E-state index contributed by atoms with van der Waals surface area (Å²) in [6, 6.07) is 21.1. The molecular formula is C26H24N4O5. The van der Waals surface area contributed by atoms with Crippen LogP contribution in [0.15, 0.2) is 79.1 Å². The van der Waals surface area contributed by atoms with Gasteiger partial charge in [0.15, 0.2) is 5.82 Å². The number of carbonyl (C=O) groups excluding carboxylic acids is 2. The van der Waals surface area contributed by atoms with E-state index in [1.54, 1.807) is 53.0 Å². The van der Waals surface area contributed by atoms with Crippen LogP contribution in [0.5, 0.6) is 0 Å². The summed E-state index contributed by atoms with van der Waals surface area (Å²) < 4.78 is 19.4. The molecule has 4 aromatic rings. The normalized spacial score (nSPS) is 21.6. The molecule has 1 fully saturated rings. The molecule has 0 aliphatic carbocycles. The van der Waals surface area contributed by atoms with E-state index in [4.69, 9.17) is 19.9 Å². The molecule has 1 saturated heterocycles. The number of benzene rings is 2. The summed E-state index contributed by atoms with van der Waals surface area (Å²) in [7, 11) is 0. The van der Waals surface area contributed by atoms with Crippen molar-refractivity contribution in [1.29, 1.82) is 0 Å². The second-order valence-corrected chi connectivity index (χ2v) is 8.36. The van der Waals surface area contributed by atoms with Gasteiger partial charge in [0.2, 0.25) is 0 Å². The summed E-state index contributed by atoms with van der Waals surface area (Å²) in [6.07, 6.45) is -0.459.